The lowest BCUT2D eigenvalue weighted by molar-refractivity contribution is -0.0972. The third-order valence-corrected chi connectivity index (χ3v) is 4.66. The number of aliphatic imine (C=N–C) groups is 1. The second kappa shape index (κ2) is 8.85. The van der Waals surface area contributed by atoms with Crippen molar-refractivity contribution in [2.24, 2.45) is 10.4 Å². The van der Waals surface area contributed by atoms with Gasteiger partial charge in [0.05, 0.1) is 13.2 Å². The molecule has 0 bridgehead atoms. The minimum atomic E-state index is 0. The zero-order chi connectivity index (χ0) is 16.1. The van der Waals surface area contributed by atoms with Crippen molar-refractivity contribution < 1.29 is 4.74 Å². The summed E-state index contributed by atoms with van der Waals surface area (Å²) in [5.41, 5.74) is 3.10. The van der Waals surface area contributed by atoms with Crippen molar-refractivity contribution in [3.05, 3.63) is 41.5 Å². The Labute approximate surface area is 162 Å². The van der Waals surface area contributed by atoms with Crippen LogP contribution in [-0.4, -0.2) is 50.8 Å². The molecule has 2 saturated heterocycles. The molecule has 24 heavy (non-hydrogen) atoms. The first-order chi connectivity index (χ1) is 11.2. The van der Waals surface area contributed by atoms with Gasteiger partial charge in [-0.05, 0) is 18.4 Å². The Kier molecular flexibility index (Phi) is 7.10. The predicted octanol–water partition coefficient (Wildman–Crippen LogP) is 3.40. The SMILES string of the molecule is CN=C(NCC1(C)COC1)N1CCC(=Cc2ccccc2)CC1.I. The molecule has 0 amide bonds. The van der Waals surface area contributed by atoms with Crippen LogP contribution in [-0.2, 0) is 4.74 Å². The molecule has 2 heterocycles. The van der Waals surface area contributed by atoms with Gasteiger partial charge in [0.1, 0.15) is 0 Å². The number of hydrogen-bond donors (Lipinski definition) is 1. The first-order valence-electron chi connectivity index (χ1n) is 8.46. The second-order valence-corrected chi connectivity index (χ2v) is 6.90. The number of guanidine groups is 1. The Morgan fingerprint density at radius 3 is 2.46 bits per heavy atom. The van der Waals surface area contributed by atoms with Crippen molar-refractivity contribution in [3.8, 4) is 0 Å². The molecule has 2 fully saturated rings. The van der Waals surface area contributed by atoms with E-state index in [-0.39, 0.29) is 29.4 Å². The average molecular weight is 441 g/mol. The molecule has 132 valence electrons. The third kappa shape index (κ3) is 4.96. The van der Waals surface area contributed by atoms with Crippen LogP contribution in [0.2, 0.25) is 0 Å². The van der Waals surface area contributed by atoms with Gasteiger partial charge in [-0.2, -0.15) is 0 Å². The van der Waals surface area contributed by atoms with Crippen LogP contribution in [0.25, 0.3) is 6.08 Å². The molecule has 2 aliphatic rings. The lowest BCUT2D eigenvalue weighted by Crippen LogP contribution is -2.52. The third-order valence-electron chi connectivity index (χ3n) is 4.66. The minimum Gasteiger partial charge on any atom is -0.380 e. The monoisotopic (exact) mass is 441 g/mol. The van der Waals surface area contributed by atoms with Crippen LogP contribution in [0.3, 0.4) is 0 Å². The first kappa shape index (κ1) is 19.2. The van der Waals surface area contributed by atoms with Crippen molar-refractivity contribution >= 4 is 36.0 Å². The summed E-state index contributed by atoms with van der Waals surface area (Å²) in [6, 6.07) is 10.6. The molecule has 4 nitrogen and oxygen atoms in total. The average Bonchev–Trinajstić information content (AvgIpc) is 2.56. The molecule has 0 radical (unpaired) electrons. The lowest BCUT2D eigenvalue weighted by atomic mass is 9.89. The van der Waals surface area contributed by atoms with E-state index in [9.17, 15) is 0 Å². The van der Waals surface area contributed by atoms with E-state index in [1.165, 1.54) is 11.1 Å². The van der Waals surface area contributed by atoms with Crippen LogP contribution < -0.4 is 5.32 Å². The summed E-state index contributed by atoms with van der Waals surface area (Å²) in [7, 11) is 1.87. The van der Waals surface area contributed by atoms with E-state index in [1.807, 2.05) is 7.05 Å². The van der Waals surface area contributed by atoms with Crippen LogP contribution in [0, 0.1) is 5.41 Å². The maximum atomic E-state index is 5.32. The number of piperidine rings is 1. The Balaban J connectivity index is 0.00000208. The molecule has 2 aliphatic heterocycles. The molecule has 3 rings (SSSR count). The first-order valence-corrected chi connectivity index (χ1v) is 8.46. The number of nitrogens with one attached hydrogen (secondary N) is 1. The van der Waals surface area contributed by atoms with E-state index < -0.39 is 0 Å². The van der Waals surface area contributed by atoms with Crippen LogP contribution in [0.1, 0.15) is 25.3 Å². The number of benzene rings is 1. The standard InChI is InChI=1S/C19H27N3O.HI/c1-19(14-23-15-19)13-21-18(20-2)22-10-8-17(9-11-22)12-16-6-4-3-5-7-16;/h3-7,12H,8-11,13-15H2,1-2H3,(H,20,21);1H. The van der Waals surface area contributed by atoms with Gasteiger partial charge in [-0.15, -0.1) is 24.0 Å². The molecule has 0 spiro atoms. The Bertz CT molecular complexity index is 572. The van der Waals surface area contributed by atoms with Crippen LogP contribution in [0.4, 0.5) is 0 Å². The van der Waals surface area contributed by atoms with E-state index in [0.717, 1.165) is 51.6 Å². The predicted molar refractivity (Wildman–Crippen MR) is 111 cm³/mol. The zero-order valence-corrected chi connectivity index (χ0v) is 17.0. The summed E-state index contributed by atoms with van der Waals surface area (Å²) in [6.07, 6.45) is 4.55. The van der Waals surface area contributed by atoms with Crippen LogP contribution in [0.15, 0.2) is 40.9 Å². The Morgan fingerprint density at radius 2 is 1.92 bits per heavy atom. The van der Waals surface area contributed by atoms with Crippen molar-refractivity contribution in [1.82, 2.24) is 10.2 Å². The fourth-order valence-electron chi connectivity index (χ4n) is 3.11. The van der Waals surface area contributed by atoms with Gasteiger partial charge >= 0.3 is 0 Å². The maximum Gasteiger partial charge on any atom is 0.193 e. The summed E-state index contributed by atoms with van der Waals surface area (Å²) in [6.45, 7) is 6.95. The molecule has 1 aromatic carbocycles. The summed E-state index contributed by atoms with van der Waals surface area (Å²) < 4.78 is 5.32. The molecular formula is C19H28IN3O. The summed E-state index contributed by atoms with van der Waals surface area (Å²) in [4.78, 5) is 6.82. The number of hydrogen-bond acceptors (Lipinski definition) is 2. The Morgan fingerprint density at radius 1 is 1.25 bits per heavy atom. The topological polar surface area (TPSA) is 36.9 Å². The van der Waals surface area contributed by atoms with Crippen LogP contribution >= 0.6 is 24.0 Å². The fraction of sp³-hybridized carbons (Fsp3) is 0.526. The van der Waals surface area contributed by atoms with Gasteiger partial charge in [-0.3, -0.25) is 4.99 Å². The minimum absolute atomic E-state index is 0. The van der Waals surface area contributed by atoms with Crippen molar-refractivity contribution in [2.75, 3.05) is 39.9 Å². The van der Waals surface area contributed by atoms with Gasteiger partial charge in [-0.1, -0.05) is 48.9 Å². The van der Waals surface area contributed by atoms with Crippen molar-refractivity contribution in [3.63, 3.8) is 0 Å². The molecule has 0 saturated carbocycles. The van der Waals surface area contributed by atoms with Gasteiger partial charge in [0, 0.05) is 32.1 Å². The molecule has 5 heteroatoms. The van der Waals surface area contributed by atoms with Crippen molar-refractivity contribution in [1.29, 1.82) is 0 Å². The van der Waals surface area contributed by atoms with Gasteiger partial charge in [0.25, 0.3) is 0 Å². The molecule has 0 aliphatic carbocycles. The Hall–Kier alpha value is -1.08. The molecule has 1 aromatic rings. The number of nitrogens with zero attached hydrogens (tertiary/aromatic N) is 2. The summed E-state index contributed by atoms with van der Waals surface area (Å²) >= 11 is 0. The normalized spacial score (nSPS) is 20.0. The van der Waals surface area contributed by atoms with Gasteiger partial charge in [-0.25, -0.2) is 0 Å². The molecule has 0 atom stereocenters. The van der Waals surface area contributed by atoms with Crippen LogP contribution in [0.5, 0.6) is 0 Å². The largest absolute Gasteiger partial charge is 0.380 e. The van der Waals surface area contributed by atoms with E-state index in [1.54, 1.807) is 0 Å². The van der Waals surface area contributed by atoms with Gasteiger partial charge < -0.3 is 15.0 Å². The van der Waals surface area contributed by atoms with E-state index in [2.05, 4.69) is 58.5 Å². The quantitative estimate of drug-likeness (QED) is 0.444. The number of likely N-dealkylation sites (tertiary alicyclic amines) is 1. The fourth-order valence-corrected chi connectivity index (χ4v) is 3.11. The number of halogens is 1. The number of ether oxygens (including phenoxy) is 1. The summed E-state index contributed by atoms with van der Waals surface area (Å²) in [5, 5.41) is 3.52. The second-order valence-electron chi connectivity index (χ2n) is 6.90. The molecular weight excluding hydrogens is 413 g/mol. The van der Waals surface area contributed by atoms with E-state index >= 15 is 0 Å². The highest BCUT2D eigenvalue weighted by Crippen LogP contribution is 2.25. The van der Waals surface area contributed by atoms with E-state index in [0.29, 0.717) is 0 Å². The molecule has 1 N–H and O–H groups in total. The maximum absolute atomic E-state index is 5.32. The molecule has 0 unspecified atom stereocenters. The highest BCUT2D eigenvalue weighted by molar-refractivity contribution is 14.0. The van der Waals surface area contributed by atoms with Gasteiger partial charge in [0.15, 0.2) is 5.96 Å². The zero-order valence-electron chi connectivity index (χ0n) is 14.6. The lowest BCUT2D eigenvalue weighted by Gasteiger charge is -2.40. The van der Waals surface area contributed by atoms with E-state index in [4.69, 9.17) is 4.74 Å². The summed E-state index contributed by atoms with van der Waals surface area (Å²) in [5.74, 6) is 1.02. The highest BCUT2D eigenvalue weighted by atomic mass is 127. The van der Waals surface area contributed by atoms with Gasteiger partial charge in [0.2, 0.25) is 0 Å². The highest BCUT2D eigenvalue weighted by Gasteiger charge is 2.33. The molecule has 0 aromatic heterocycles. The number of rotatable bonds is 3. The van der Waals surface area contributed by atoms with Crippen molar-refractivity contribution in [2.45, 2.75) is 19.8 Å². The smallest absolute Gasteiger partial charge is 0.193 e.